The van der Waals surface area contributed by atoms with Crippen molar-refractivity contribution in [1.82, 2.24) is 0 Å². The van der Waals surface area contributed by atoms with Crippen LogP contribution in [-0.2, 0) is 14.6 Å². The molecule has 0 aliphatic heterocycles. The van der Waals surface area contributed by atoms with Gasteiger partial charge in [-0.25, -0.2) is 13.2 Å². The first-order chi connectivity index (χ1) is 7.83. The Morgan fingerprint density at radius 2 is 1.72 bits per heavy atom. The van der Waals surface area contributed by atoms with Crippen molar-refractivity contribution >= 4 is 62.2 Å². The van der Waals surface area contributed by atoms with Crippen LogP contribution in [0.5, 0.6) is 0 Å². The number of nitrogens with two attached hydrogens (primary N) is 2. The van der Waals surface area contributed by atoms with Gasteiger partial charge in [0.15, 0.2) is 9.84 Å². The minimum Gasteiger partial charge on any atom is -0.479 e. The molecule has 0 fully saturated rings. The highest BCUT2D eigenvalue weighted by Crippen LogP contribution is 2.31. The van der Waals surface area contributed by atoms with Crippen LogP contribution in [0.25, 0.3) is 0 Å². The first kappa shape index (κ1) is 18.5. The maximum atomic E-state index is 11.6. The average Bonchev–Trinajstić information content (AvgIpc) is 2.14. The maximum Gasteiger partial charge on any atom is 0.340 e. The second kappa shape index (κ2) is 6.30. The minimum absolute atomic E-state index is 0.802. The van der Waals surface area contributed by atoms with Gasteiger partial charge in [-0.05, 0) is 0 Å². The molecule has 4 unspecified atom stereocenters. The summed E-state index contributed by atoms with van der Waals surface area (Å²) in [4.78, 5) is 8.32. The predicted molar refractivity (Wildman–Crippen MR) is 72.1 cm³/mol. The molecule has 0 saturated heterocycles. The van der Waals surface area contributed by atoms with Crippen LogP contribution < -0.4 is 11.5 Å². The lowest BCUT2D eigenvalue weighted by Crippen LogP contribution is -2.59. The van der Waals surface area contributed by atoms with Crippen LogP contribution >= 0.6 is 46.4 Å². The lowest BCUT2D eigenvalue weighted by molar-refractivity contribution is -0.140. The van der Waals surface area contributed by atoms with Crippen molar-refractivity contribution < 1.29 is 18.3 Å². The van der Waals surface area contributed by atoms with Crippen molar-refractivity contribution in [2.24, 2.45) is 11.5 Å². The Kier molecular flexibility index (Phi) is 6.47. The van der Waals surface area contributed by atoms with Crippen molar-refractivity contribution in [3.05, 3.63) is 0 Å². The molecule has 0 saturated carbocycles. The largest absolute Gasteiger partial charge is 0.479 e. The van der Waals surface area contributed by atoms with E-state index >= 15 is 0 Å². The number of halogens is 4. The van der Waals surface area contributed by atoms with E-state index in [1.165, 1.54) is 0 Å². The summed E-state index contributed by atoms with van der Waals surface area (Å²) in [5.41, 5.74) is 9.27. The summed E-state index contributed by atoms with van der Waals surface area (Å²) in [5, 5.41) is 4.11. The summed E-state index contributed by atoms with van der Waals surface area (Å²) in [6, 6.07) is 0. The molecule has 0 aromatic heterocycles. The van der Waals surface area contributed by atoms with Crippen LogP contribution in [0.1, 0.15) is 0 Å². The average molecular weight is 362 g/mol. The normalized spacial score (nSPS) is 22.6. The zero-order valence-electron chi connectivity index (χ0n) is 9.06. The highest BCUT2D eigenvalue weighted by Gasteiger charge is 2.50. The Balaban J connectivity index is 5.57. The molecule has 18 heavy (non-hydrogen) atoms. The molecule has 11 heteroatoms. The monoisotopic (exact) mass is 360 g/mol. The van der Waals surface area contributed by atoms with Gasteiger partial charge in [0.2, 0.25) is 5.00 Å². The van der Waals surface area contributed by atoms with E-state index < -0.39 is 42.3 Å². The van der Waals surface area contributed by atoms with Crippen LogP contribution in [0.4, 0.5) is 0 Å². The van der Waals surface area contributed by atoms with Gasteiger partial charge in [-0.3, -0.25) is 0 Å². The predicted octanol–water partition coefficient (Wildman–Crippen LogP) is 0.116. The standard InChI is InChI=1S/C7H12Cl4N2O4S/c1-18(16,17)3(2(8)5(10)12)4(9)7(11,13)6(14)15/h2-5H,12-13H2,1H3,(H,14,15)/t2?,3?,4?,5?,7-/m0/s1. The third-order valence-electron chi connectivity index (χ3n) is 2.13. The fourth-order valence-electron chi connectivity index (χ4n) is 1.15. The van der Waals surface area contributed by atoms with Gasteiger partial charge in [-0.1, -0.05) is 11.6 Å². The van der Waals surface area contributed by atoms with E-state index in [9.17, 15) is 13.2 Å². The van der Waals surface area contributed by atoms with E-state index in [4.69, 9.17) is 63.0 Å². The molecule has 0 radical (unpaired) electrons. The Hall–Kier alpha value is 0.500. The van der Waals surface area contributed by atoms with Crippen molar-refractivity contribution in [3.63, 3.8) is 0 Å². The molecule has 5 N–H and O–H groups in total. The highest BCUT2D eigenvalue weighted by atomic mass is 35.5. The number of sulfone groups is 1. The molecule has 0 aromatic carbocycles. The lowest BCUT2D eigenvalue weighted by atomic mass is 10.1. The molecule has 0 amide bonds. The summed E-state index contributed by atoms with van der Waals surface area (Å²) in [6.45, 7) is 0. The maximum absolute atomic E-state index is 11.6. The van der Waals surface area contributed by atoms with E-state index in [0.29, 0.717) is 0 Å². The molecule has 108 valence electrons. The fourth-order valence-corrected chi connectivity index (χ4v) is 4.49. The molecular formula is C7H12Cl4N2O4S. The Labute approximate surface area is 124 Å². The number of carboxylic acids is 1. The van der Waals surface area contributed by atoms with E-state index in [1.807, 2.05) is 0 Å². The zero-order valence-corrected chi connectivity index (χ0v) is 12.9. The van der Waals surface area contributed by atoms with Crippen molar-refractivity contribution in [3.8, 4) is 0 Å². The number of alkyl halides is 4. The van der Waals surface area contributed by atoms with E-state index in [1.54, 1.807) is 0 Å². The number of hydrogen-bond donors (Lipinski definition) is 3. The van der Waals surface area contributed by atoms with Gasteiger partial charge in [0.05, 0.1) is 16.3 Å². The molecule has 0 bridgehead atoms. The molecule has 0 heterocycles. The second-order valence-electron chi connectivity index (χ2n) is 3.66. The number of rotatable bonds is 6. The smallest absolute Gasteiger partial charge is 0.340 e. The molecule has 5 atom stereocenters. The zero-order chi connectivity index (χ0) is 14.9. The van der Waals surface area contributed by atoms with Crippen LogP contribution in [0, 0.1) is 0 Å². The van der Waals surface area contributed by atoms with Crippen LogP contribution in [0.3, 0.4) is 0 Å². The second-order valence-corrected chi connectivity index (χ2v) is 7.96. The first-order valence-electron chi connectivity index (χ1n) is 4.41. The lowest BCUT2D eigenvalue weighted by Gasteiger charge is -2.32. The SMILES string of the molecule is CS(=O)(=O)C(C(Cl)C(N)Cl)C(Cl)[C@@](N)(Cl)C(=O)O. The number of carboxylic acid groups (broad SMARTS) is 1. The number of hydrogen-bond acceptors (Lipinski definition) is 5. The van der Waals surface area contributed by atoms with Gasteiger partial charge in [0.1, 0.15) is 5.25 Å². The number of carbonyl (C=O) groups is 1. The van der Waals surface area contributed by atoms with E-state index in [0.717, 1.165) is 6.26 Å². The Morgan fingerprint density at radius 1 is 1.33 bits per heavy atom. The van der Waals surface area contributed by atoms with Gasteiger partial charge in [-0.15, -0.1) is 34.8 Å². The highest BCUT2D eigenvalue weighted by molar-refractivity contribution is 7.91. The Bertz CT molecular complexity index is 414. The van der Waals surface area contributed by atoms with Crippen LogP contribution in [0.2, 0.25) is 0 Å². The van der Waals surface area contributed by atoms with Crippen LogP contribution in [0.15, 0.2) is 0 Å². The third kappa shape index (κ3) is 4.26. The van der Waals surface area contributed by atoms with Gasteiger partial charge < -0.3 is 16.6 Å². The number of aliphatic carboxylic acids is 1. The topological polar surface area (TPSA) is 123 Å². The Morgan fingerprint density at radius 3 is 1.94 bits per heavy atom. The molecule has 0 spiro atoms. The van der Waals surface area contributed by atoms with Crippen molar-refractivity contribution in [2.75, 3.05) is 6.26 Å². The summed E-state index contributed by atoms with van der Waals surface area (Å²) in [5.74, 6) is -1.69. The first-order valence-corrected chi connectivity index (χ1v) is 8.05. The summed E-state index contributed by atoms with van der Waals surface area (Å²) < 4.78 is 23.2. The van der Waals surface area contributed by atoms with Gasteiger partial charge >= 0.3 is 5.97 Å². The summed E-state index contributed by atoms with van der Waals surface area (Å²) in [7, 11) is -3.88. The minimum atomic E-state index is -3.88. The van der Waals surface area contributed by atoms with E-state index in [2.05, 4.69) is 0 Å². The van der Waals surface area contributed by atoms with Crippen molar-refractivity contribution in [2.45, 2.75) is 26.5 Å². The van der Waals surface area contributed by atoms with Gasteiger partial charge in [0, 0.05) is 6.26 Å². The third-order valence-corrected chi connectivity index (χ3v) is 6.05. The van der Waals surface area contributed by atoms with Gasteiger partial charge in [0.25, 0.3) is 0 Å². The van der Waals surface area contributed by atoms with E-state index in [-0.39, 0.29) is 0 Å². The molecular weight excluding hydrogens is 350 g/mol. The molecule has 0 rings (SSSR count). The van der Waals surface area contributed by atoms with Crippen LogP contribution in [-0.4, -0.2) is 52.3 Å². The fraction of sp³-hybridized carbons (Fsp3) is 0.857. The summed E-state index contributed by atoms with van der Waals surface area (Å²) in [6.07, 6.45) is 0.802. The summed E-state index contributed by atoms with van der Waals surface area (Å²) >= 11 is 22.5. The van der Waals surface area contributed by atoms with Crippen molar-refractivity contribution in [1.29, 1.82) is 0 Å². The molecule has 0 aliphatic rings. The molecule has 0 aliphatic carbocycles. The molecule has 6 nitrogen and oxygen atoms in total. The molecule has 0 aromatic rings. The van der Waals surface area contributed by atoms with Gasteiger partial charge in [-0.2, -0.15) is 0 Å². The quantitative estimate of drug-likeness (QED) is 0.456.